The number of nitrogens with one attached hydrogen (secondary N) is 1. The first-order chi connectivity index (χ1) is 17.1. The summed E-state index contributed by atoms with van der Waals surface area (Å²) >= 11 is 1.30. The van der Waals surface area contributed by atoms with Gasteiger partial charge in [-0.15, -0.1) is 11.3 Å². The number of amides is 1. The molecule has 0 aliphatic rings. The minimum atomic E-state index is -4.57. The van der Waals surface area contributed by atoms with Crippen molar-refractivity contribution in [1.29, 1.82) is 0 Å². The molecule has 0 radical (unpaired) electrons. The highest BCUT2D eigenvalue weighted by Crippen LogP contribution is 2.35. The van der Waals surface area contributed by atoms with E-state index in [0.29, 0.717) is 23.5 Å². The number of benzene rings is 1. The highest BCUT2D eigenvalue weighted by Gasteiger charge is 2.36. The van der Waals surface area contributed by atoms with Crippen LogP contribution >= 0.6 is 11.3 Å². The molecule has 1 amide bonds. The number of hydrogen-bond acceptors (Lipinski definition) is 7. The van der Waals surface area contributed by atoms with Gasteiger partial charge >= 0.3 is 6.18 Å². The van der Waals surface area contributed by atoms with Crippen LogP contribution in [0, 0.1) is 0 Å². The number of hydrogen-bond donors (Lipinski definition) is 3. The lowest BCUT2D eigenvalue weighted by Crippen LogP contribution is -2.28. The van der Waals surface area contributed by atoms with Gasteiger partial charge in [-0.05, 0) is 43.2 Å². The van der Waals surface area contributed by atoms with E-state index in [9.17, 15) is 28.2 Å². The molecule has 36 heavy (non-hydrogen) atoms. The van der Waals surface area contributed by atoms with Crippen molar-refractivity contribution >= 4 is 22.9 Å². The van der Waals surface area contributed by atoms with Crippen LogP contribution in [0.4, 0.5) is 18.9 Å². The van der Waals surface area contributed by atoms with Gasteiger partial charge in [0.25, 0.3) is 5.91 Å². The largest absolute Gasteiger partial charge is 0.416 e. The number of nitrogens with zero attached hydrogens (tertiary/aromatic N) is 4. The van der Waals surface area contributed by atoms with E-state index >= 15 is 0 Å². The molecule has 0 fully saturated rings. The van der Waals surface area contributed by atoms with Gasteiger partial charge in [-0.3, -0.25) is 9.78 Å². The number of anilines is 1. The van der Waals surface area contributed by atoms with Crippen LogP contribution in [-0.2, 0) is 18.3 Å². The van der Waals surface area contributed by atoms with Crippen LogP contribution in [0.15, 0.2) is 59.7 Å². The number of aliphatic hydroxyl groups excluding tert-OH is 1. The Morgan fingerprint density at radius 3 is 2.56 bits per heavy atom. The quantitative estimate of drug-likeness (QED) is 0.321. The molecule has 0 saturated heterocycles. The van der Waals surface area contributed by atoms with Gasteiger partial charge in [0, 0.05) is 24.7 Å². The molecule has 4 aromatic rings. The number of halogens is 3. The SMILES string of the molecule is CC(O)(c1cccc(C(F)(F)F)c1)c1nc(-c2ccc(NC(=O)c3cscn3)cn2)cn1CCCO. The molecule has 4 rings (SSSR count). The van der Waals surface area contributed by atoms with Gasteiger partial charge in [-0.2, -0.15) is 13.2 Å². The molecule has 0 aliphatic heterocycles. The first kappa shape index (κ1) is 25.5. The van der Waals surface area contributed by atoms with E-state index in [4.69, 9.17) is 0 Å². The van der Waals surface area contributed by atoms with Crippen molar-refractivity contribution in [3.05, 3.63) is 82.3 Å². The van der Waals surface area contributed by atoms with Crippen LogP contribution in [-0.4, -0.2) is 42.2 Å². The van der Waals surface area contributed by atoms with Gasteiger partial charge in [0.2, 0.25) is 0 Å². The highest BCUT2D eigenvalue weighted by atomic mass is 32.1. The van der Waals surface area contributed by atoms with E-state index in [1.54, 1.807) is 33.8 Å². The molecule has 1 aromatic carbocycles. The van der Waals surface area contributed by atoms with Crippen LogP contribution < -0.4 is 5.32 Å². The van der Waals surface area contributed by atoms with Crippen molar-refractivity contribution in [3.63, 3.8) is 0 Å². The number of rotatable bonds is 8. The Hall–Kier alpha value is -3.61. The number of aromatic nitrogens is 4. The number of carbonyl (C=O) groups is 1. The minimum absolute atomic E-state index is 0.0211. The molecule has 3 heterocycles. The second kappa shape index (κ2) is 10.2. The average Bonchev–Trinajstić information content (AvgIpc) is 3.54. The van der Waals surface area contributed by atoms with Gasteiger partial charge in [0.15, 0.2) is 0 Å². The summed E-state index contributed by atoms with van der Waals surface area (Å²) in [5.41, 5.74) is 0.337. The Labute approximate surface area is 208 Å². The zero-order valence-corrected chi connectivity index (χ0v) is 19.8. The third-order valence-electron chi connectivity index (χ3n) is 5.47. The summed E-state index contributed by atoms with van der Waals surface area (Å²) in [6.07, 6.45) is -1.17. The number of thiazole rings is 1. The molecule has 0 saturated carbocycles. The molecule has 0 bridgehead atoms. The van der Waals surface area contributed by atoms with Crippen LogP contribution in [0.5, 0.6) is 0 Å². The number of alkyl halides is 3. The lowest BCUT2D eigenvalue weighted by atomic mass is 9.93. The van der Waals surface area contributed by atoms with Crippen molar-refractivity contribution in [2.75, 3.05) is 11.9 Å². The lowest BCUT2D eigenvalue weighted by molar-refractivity contribution is -0.137. The Bertz CT molecular complexity index is 1340. The molecule has 8 nitrogen and oxygen atoms in total. The van der Waals surface area contributed by atoms with Crippen LogP contribution in [0.25, 0.3) is 11.4 Å². The molecular weight excluding hydrogens is 495 g/mol. The zero-order valence-electron chi connectivity index (χ0n) is 19.0. The average molecular weight is 518 g/mol. The van der Waals surface area contributed by atoms with Gasteiger partial charge in [0.1, 0.15) is 22.8 Å². The monoisotopic (exact) mass is 517 g/mol. The summed E-state index contributed by atoms with van der Waals surface area (Å²) in [5.74, 6) is -0.272. The highest BCUT2D eigenvalue weighted by molar-refractivity contribution is 7.07. The topological polar surface area (TPSA) is 113 Å². The molecular formula is C24H22F3N5O3S. The van der Waals surface area contributed by atoms with Crippen LogP contribution in [0.1, 0.15) is 40.8 Å². The number of imidazole rings is 1. The number of aliphatic hydroxyl groups is 2. The maximum Gasteiger partial charge on any atom is 0.416 e. The minimum Gasteiger partial charge on any atom is -0.396 e. The van der Waals surface area contributed by atoms with E-state index < -0.39 is 17.3 Å². The van der Waals surface area contributed by atoms with Gasteiger partial charge < -0.3 is 20.1 Å². The van der Waals surface area contributed by atoms with Gasteiger partial charge in [-0.25, -0.2) is 9.97 Å². The first-order valence-corrected chi connectivity index (χ1v) is 11.8. The van der Waals surface area contributed by atoms with E-state index in [1.165, 1.54) is 36.6 Å². The van der Waals surface area contributed by atoms with E-state index in [2.05, 4.69) is 20.3 Å². The summed E-state index contributed by atoms with van der Waals surface area (Å²) in [4.78, 5) is 25.0. The molecule has 3 N–H and O–H groups in total. The number of pyridine rings is 1. The van der Waals surface area contributed by atoms with Crippen molar-refractivity contribution in [3.8, 4) is 11.4 Å². The molecule has 1 atom stereocenters. The lowest BCUT2D eigenvalue weighted by Gasteiger charge is -2.25. The van der Waals surface area contributed by atoms with Crippen LogP contribution in [0.3, 0.4) is 0 Å². The standard InChI is InChI=1S/C24H22F3N5O3S/c1-23(35,15-4-2-5-16(10-15)24(25,26)27)22-31-19(12-32(22)8-3-9-33)18-7-6-17(11-28-18)30-21(34)20-13-36-14-29-20/h2,4-7,10-14,33,35H,3,8-9H2,1H3,(H,30,34). The Balaban J connectivity index is 1.65. The van der Waals surface area contributed by atoms with E-state index in [1.807, 2.05) is 0 Å². The maximum atomic E-state index is 13.3. The summed E-state index contributed by atoms with van der Waals surface area (Å²) in [6.45, 7) is 1.52. The number of carbonyl (C=O) groups excluding carboxylic acids is 1. The fourth-order valence-corrected chi connectivity index (χ4v) is 4.14. The zero-order chi connectivity index (χ0) is 25.9. The van der Waals surface area contributed by atoms with Crippen molar-refractivity contribution < 1.29 is 28.2 Å². The normalized spacial score (nSPS) is 13.4. The third kappa shape index (κ3) is 5.45. The molecule has 0 aliphatic carbocycles. The predicted molar refractivity (Wildman–Crippen MR) is 127 cm³/mol. The molecule has 0 spiro atoms. The second-order valence-electron chi connectivity index (χ2n) is 8.13. The van der Waals surface area contributed by atoms with Crippen molar-refractivity contribution in [1.82, 2.24) is 19.5 Å². The van der Waals surface area contributed by atoms with Crippen molar-refractivity contribution in [2.24, 2.45) is 0 Å². The fourth-order valence-electron chi connectivity index (χ4n) is 3.61. The molecule has 1 unspecified atom stereocenters. The summed E-state index contributed by atoms with van der Waals surface area (Å²) in [7, 11) is 0. The maximum absolute atomic E-state index is 13.3. The van der Waals surface area contributed by atoms with E-state index in [0.717, 1.165) is 12.1 Å². The fraction of sp³-hybridized carbons (Fsp3) is 0.250. The van der Waals surface area contributed by atoms with Crippen LogP contribution in [0.2, 0.25) is 0 Å². The number of aryl methyl sites for hydroxylation is 1. The van der Waals surface area contributed by atoms with E-state index in [-0.39, 0.29) is 36.1 Å². The summed E-state index contributed by atoms with van der Waals surface area (Å²) < 4.78 is 41.3. The van der Waals surface area contributed by atoms with Crippen molar-refractivity contribution in [2.45, 2.75) is 31.7 Å². The molecule has 12 heteroatoms. The summed E-state index contributed by atoms with van der Waals surface area (Å²) in [5, 5.41) is 24.9. The Morgan fingerprint density at radius 1 is 1.14 bits per heavy atom. The molecule has 188 valence electrons. The first-order valence-electron chi connectivity index (χ1n) is 10.8. The summed E-state index contributed by atoms with van der Waals surface area (Å²) in [6, 6.07) is 7.71. The van der Waals surface area contributed by atoms with Gasteiger partial charge in [0.05, 0.1) is 28.7 Å². The Kier molecular flexibility index (Phi) is 7.20. The smallest absolute Gasteiger partial charge is 0.396 e. The Morgan fingerprint density at radius 2 is 1.92 bits per heavy atom. The third-order valence-corrected chi connectivity index (χ3v) is 6.06. The predicted octanol–water partition coefficient (Wildman–Crippen LogP) is 4.31. The second-order valence-corrected chi connectivity index (χ2v) is 8.85. The molecule has 3 aromatic heterocycles. The van der Waals surface area contributed by atoms with Gasteiger partial charge in [-0.1, -0.05) is 12.1 Å².